The molecule has 0 radical (unpaired) electrons. The van der Waals surface area contributed by atoms with Crippen molar-refractivity contribution in [2.75, 3.05) is 7.05 Å². The molecule has 0 saturated heterocycles. The highest BCUT2D eigenvalue weighted by atomic mass is 19.1. The first-order valence-electron chi connectivity index (χ1n) is 7.21. The molecule has 2 rings (SSSR count). The molecule has 0 amide bonds. The summed E-state index contributed by atoms with van der Waals surface area (Å²) in [6.45, 7) is 5.76. The van der Waals surface area contributed by atoms with Gasteiger partial charge in [-0.05, 0) is 51.1 Å². The maximum Gasteiger partial charge on any atom is 0.131 e. The molecule has 0 aliphatic carbocycles. The maximum atomic E-state index is 14.4. The Morgan fingerprint density at radius 3 is 2.48 bits per heavy atom. The summed E-state index contributed by atoms with van der Waals surface area (Å²) >= 11 is 0. The second-order valence-electron chi connectivity index (χ2n) is 5.44. The number of rotatable bonds is 5. The predicted octanol–water partition coefficient (Wildman–Crippen LogP) is 4.23. The topological polar surface area (TPSA) is 21.3 Å². The predicted molar refractivity (Wildman–Crippen MR) is 84.2 cm³/mol. The van der Waals surface area contributed by atoms with Crippen LogP contribution in [0.1, 0.15) is 36.6 Å². The average Bonchev–Trinajstić information content (AvgIpc) is 2.44. The molecule has 0 aromatic heterocycles. The molecule has 2 nitrogen and oxygen atoms in total. The van der Waals surface area contributed by atoms with E-state index in [1.807, 2.05) is 57.3 Å². The van der Waals surface area contributed by atoms with Crippen molar-refractivity contribution in [1.29, 1.82) is 0 Å². The zero-order chi connectivity index (χ0) is 15.4. The Hall–Kier alpha value is -1.87. The van der Waals surface area contributed by atoms with Gasteiger partial charge in [-0.2, -0.15) is 0 Å². The SMILES string of the molecule is CNC(c1cccc(OC(C)C)c1)c1cccc(C)c1F. The Morgan fingerprint density at radius 2 is 1.81 bits per heavy atom. The normalized spacial score (nSPS) is 12.5. The zero-order valence-corrected chi connectivity index (χ0v) is 13.0. The van der Waals surface area contributed by atoms with Gasteiger partial charge in [0.15, 0.2) is 0 Å². The molecule has 0 spiro atoms. The van der Waals surface area contributed by atoms with Crippen LogP contribution in [0.15, 0.2) is 42.5 Å². The van der Waals surface area contributed by atoms with E-state index in [4.69, 9.17) is 4.74 Å². The van der Waals surface area contributed by atoms with Crippen molar-refractivity contribution in [1.82, 2.24) is 5.32 Å². The van der Waals surface area contributed by atoms with Gasteiger partial charge in [-0.25, -0.2) is 4.39 Å². The summed E-state index contributed by atoms with van der Waals surface area (Å²) in [5, 5.41) is 3.19. The molecule has 0 aliphatic rings. The van der Waals surface area contributed by atoms with Gasteiger partial charge in [0.25, 0.3) is 0 Å². The number of halogens is 1. The van der Waals surface area contributed by atoms with Crippen molar-refractivity contribution in [3.05, 3.63) is 65.0 Å². The van der Waals surface area contributed by atoms with Crippen molar-refractivity contribution in [2.45, 2.75) is 32.9 Å². The molecule has 21 heavy (non-hydrogen) atoms. The van der Waals surface area contributed by atoms with E-state index in [1.54, 1.807) is 13.0 Å². The fraction of sp³-hybridized carbons (Fsp3) is 0.333. The molecule has 2 aromatic carbocycles. The molecule has 0 aliphatic heterocycles. The van der Waals surface area contributed by atoms with Gasteiger partial charge in [0.05, 0.1) is 12.1 Å². The van der Waals surface area contributed by atoms with E-state index in [1.165, 1.54) is 0 Å². The van der Waals surface area contributed by atoms with Gasteiger partial charge in [-0.1, -0.05) is 30.3 Å². The van der Waals surface area contributed by atoms with E-state index < -0.39 is 0 Å². The van der Waals surface area contributed by atoms with E-state index in [0.29, 0.717) is 11.1 Å². The van der Waals surface area contributed by atoms with Crippen LogP contribution in [0.3, 0.4) is 0 Å². The summed E-state index contributed by atoms with van der Waals surface area (Å²) in [6.07, 6.45) is 0.115. The third kappa shape index (κ3) is 3.61. The summed E-state index contributed by atoms with van der Waals surface area (Å²) in [5.74, 6) is 0.642. The number of hydrogen-bond donors (Lipinski definition) is 1. The lowest BCUT2D eigenvalue weighted by Crippen LogP contribution is -2.19. The first-order valence-corrected chi connectivity index (χ1v) is 7.21. The molecular weight excluding hydrogens is 265 g/mol. The Bertz CT molecular complexity index is 610. The molecule has 3 heteroatoms. The molecule has 2 aromatic rings. The Labute approximate surface area is 126 Å². The van der Waals surface area contributed by atoms with Crippen LogP contribution in [0.5, 0.6) is 5.75 Å². The largest absolute Gasteiger partial charge is 0.491 e. The fourth-order valence-electron chi connectivity index (χ4n) is 2.43. The number of aryl methyl sites for hydroxylation is 1. The van der Waals surface area contributed by atoms with Crippen LogP contribution in [0.4, 0.5) is 4.39 Å². The van der Waals surface area contributed by atoms with E-state index >= 15 is 0 Å². The summed E-state index contributed by atoms with van der Waals surface area (Å²) in [4.78, 5) is 0. The molecule has 1 atom stereocenters. The van der Waals surface area contributed by atoms with E-state index in [-0.39, 0.29) is 18.0 Å². The van der Waals surface area contributed by atoms with Gasteiger partial charge in [0.1, 0.15) is 11.6 Å². The van der Waals surface area contributed by atoms with Crippen LogP contribution in [0, 0.1) is 12.7 Å². The molecule has 0 fully saturated rings. The highest BCUT2D eigenvalue weighted by Crippen LogP contribution is 2.28. The van der Waals surface area contributed by atoms with Gasteiger partial charge in [0, 0.05) is 5.56 Å². The van der Waals surface area contributed by atoms with Crippen molar-refractivity contribution < 1.29 is 9.13 Å². The van der Waals surface area contributed by atoms with Crippen molar-refractivity contribution >= 4 is 0 Å². The van der Waals surface area contributed by atoms with Gasteiger partial charge in [-0.3, -0.25) is 0 Å². The Kier molecular flexibility index (Phi) is 4.97. The summed E-state index contributed by atoms with van der Waals surface area (Å²) in [6, 6.07) is 13.1. The van der Waals surface area contributed by atoms with Crippen molar-refractivity contribution in [3.63, 3.8) is 0 Å². The zero-order valence-electron chi connectivity index (χ0n) is 13.0. The molecule has 0 bridgehead atoms. The highest BCUT2D eigenvalue weighted by molar-refractivity contribution is 5.38. The second-order valence-corrected chi connectivity index (χ2v) is 5.44. The van der Waals surface area contributed by atoms with Crippen LogP contribution in [0.2, 0.25) is 0 Å². The van der Waals surface area contributed by atoms with Gasteiger partial charge in [-0.15, -0.1) is 0 Å². The Balaban J connectivity index is 2.39. The fourth-order valence-corrected chi connectivity index (χ4v) is 2.43. The van der Waals surface area contributed by atoms with E-state index in [2.05, 4.69) is 5.32 Å². The van der Waals surface area contributed by atoms with Crippen LogP contribution < -0.4 is 10.1 Å². The van der Waals surface area contributed by atoms with Crippen LogP contribution in [-0.2, 0) is 0 Å². The lowest BCUT2D eigenvalue weighted by molar-refractivity contribution is 0.242. The van der Waals surface area contributed by atoms with E-state index in [0.717, 1.165) is 11.3 Å². The molecule has 0 heterocycles. The molecular formula is C18H22FNO. The molecule has 1 N–H and O–H groups in total. The number of nitrogens with one attached hydrogen (secondary N) is 1. The standard InChI is InChI=1S/C18H22FNO/c1-12(2)21-15-9-6-8-14(11-15)18(20-4)16-10-5-7-13(3)17(16)19/h5-12,18,20H,1-4H3. The van der Waals surface area contributed by atoms with Crippen LogP contribution in [-0.4, -0.2) is 13.2 Å². The molecule has 0 saturated carbocycles. The summed E-state index contributed by atoms with van der Waals surface area (Å²) in [7, 11) is 1.84. The lowest BCUT2D eigenvalue weighted by atomic mass is 9.96. The van der Waals surface area contributed by atoms with Gasteiger partial charge < -0.3 is 10.1 Å². The summed E-state index contributed by atoms with van der Waals surface area (Å²) in [5.41, 5.74) is 2.29. The third-order valence-corrected chi connectivity index (χ3v) is 3.38. The number of hydrogen-bond acceptors (Lipinski definition) is 2. The van der Waals surface area contributed by atoms with Crippen LogP contribution in [0.25, 0.3) is 0 Å². The monoisotopic (exact) mass is 287 g/mol. The minimum absolute atomic E-state index is 0.115. The second kappa shape index (κ2) is 6.72. The quantitative estimate of drug-likeness (QED) is 0.888. The molecule has 1 unspecified atom stereocenters. The first-order chi connectivity index (χ1) is 10.0. The molecule has 112 valence electrons. The third-order valence-electron chi connectivity index (χ3n) is 3.38. The lowest BCUT2D eigenvalue weighted by Gasteiger charge is -2.20. The van der Waals surface area contributed by atoms with Crippen molar-refractivity contribution in [3.8, 4) is 5.75 Å². The van der Waals surface area contributed by atoms with Crippen LogP contribution >= 0.6 is 0 Å². The van der Waals surface area contributed by atoms with Crippen molar-refractivity contribution in [2.24, 2.45) is 0 Å². The summed E-state index contributed by atoms with van der Waals surface area (Å²) < 4.78 is 20.1. The smallest absolute Gasteiger partial charge is 0.131 e. The maximum absolute atomic E-state index is 14.4. The first kappa shape index (κ1) is 15.5. The number of ether oxygens (including phenoxy) is 1. The average molecular weight is 287 g/mol. The van der Waals surface area contributed by atoms with E-state index in [9.17, 15) is 4.39 Å². The highest BCUT2D eigenvalue weighted by Gasteiger charge is 2.17. The number of benzene rings is 2. The Morgan fingerprint density at radius 1 is 1.10 bits per heavy atom. The minimum atomic E-state index is -0.194. The van der Waals surface area contributed by atoms with Gasteiger partial charge in [0.2, 0.25) is 0 Å². The minimum Gasteiger partial charge on any atom is -0.491 e. The van der Waals surface area contributed by atoms with Gasteiger partial charge >= 0.3 is 0 Å².